The number of hydrogen-bond donors (Lipinski definition) is 4. The van der Waals surface area contributed by atoms with Gasteiger partial charge in [-0.2, -0.15) is 5.10 Å². The number of aliphatic hydroxyl groups is 1. The first kappa shape index (κ1) is 23.1. The number of phenols is 1. The minimum absolute atomic E-state index is 0.0308. The molecule has 1 saturated heterocycles. The number of likely N-dealkylation sites (tertiary alicyclic amines) is 1. The van der Waals surface area contributed by atoms with E-state index in [4.69, 9.17) is 0 Å². The Labute approximate surface area is 202 Å². The molecule has 2 aromatic heterocycles. The number of aromatic nitrogens is 4. The second-order valence-electron chi connectivity index (χ2n) is 9.27. The highest BCUT2D eigenvalue weighted by Crippen LogP contribution is 2.36. The molecule has 0 radical (unpaired) electrons. The van der Waals surface area contributed by atoms with E-state index in [0.717, 1.165) is 28.1 Å². The van der Waals surface area contributed by atoms with Gasteiger partial charge in [0.25, 0.3) is 0 Å². The van der Waals surface area contributed by atoms with Crippen LogP contribution in [-0.4, -0.2) is 72.5 Å². The van der Waals surface area contributed by atoms with Crippen molar-refractivity contribution >= 4 is 12.1 Å². The summed E-state index contributed by atoms with van der Waals surface area (Å²) in [4.78, 5) is 23.6. The van der Waals surface area contributed by atoms with Crippen molar-refractivity contribution in [3.05, 3.63) is 58.3 Å². The lowest BCUT2D eigenvalue weighted by atomic mass is 9.84. The van der Waals surface area contributed by atoms with Crippen LogP contribution >= 0.6 is 0 Å². The Bertz CT molecular complexity index is 1280. The minimum Gasteiger partial charge on any atom is -0.505 e. The lowest BCUT2D eigenvalue weighted by Gasteiger charge is -2.23. The number of hydrogen-bond acceptors (Lipinski definition) is 5. The van der Waals surface area contributed by atoms with E-state index in [-0.39, 0.29) is 17.7 Å². The molecule has 35 heavy (non-hydrogen) atoms. The molecule has 2 amide bonds. The third-order valence-corrected chi connectivity index (χ3v) is 6.81. The number of imidazole rings is 1. The molecule has 4 N–H and O–H groups in total. The Morgan fingerprint density at radius 2 is 2.20 bits per heavy atom. The zero-order valence-corrected chi connectivity index (χ0v) is 19.8. The highest BCUT2D eigenvalue weighted by atomic mass is 19.1. The fraction of sp³-hybridized carbons (Fsp3) is 0.400. The summed E-state index contributed by atoms with van der Waals surface area (Å²) >= 11 is 0. The second-order valence-corrected chi connectivity index (χ2v) is 9.27. The van der Waals surface area contributed by atoms with Crippen LogP contribution in [0.15, 0.2) is 24.4 Å². The van der Waals surface area contributed by atoms with Crippen LogP contribution < -0.4 is 0 Å². The van der Waals surface area contributed by atoms with Crippen LogP contribution in [0.2, 0.25) is 0 Å². The van der Waals surface area contributed by atoms with E-state index in [1.807, 2.05) is 19.1 Å². The van der Waals surface area contributed by atoms with Gasteiger partial charge < -0.3 is 25.0 Å². The van der Waals surface area contributed by atoms with Crippen LogP contribution in [0.25, 0.3) is 17.6 Å². The Morgan fingerprint density at radius 1 is 1.37 bits per heavy atom. The first-order valence-corrected chi connectivity index (χ1v) is 11.8. The Hall–Kier alpha value is -3.66. The molecule has 184 valence electrons. The zero-order valence-electron chi connectivity index (χ0n) is 19.8. The quantitative estimate of drug-likeness (QED) is 0.447. The topological polar surface area (TPSA) is 121 Å². The number of fused-ring (bicyclic) bond motifs is 1. The van der Waals surface area contributed by atoms with E-state index >= 15 is 0 Å². The number of nitrogens with zero attached hydrogens (tertiary/aromatic N) is 4. The van der Waals surface area contributed by atoms with Crippen molar-refractivity contribution in [2.24, 2.45) is 0 Å². The van der Waals surface area contributed by atoms with Gasteiger partial charge in [0.15, 0.2) is 17.4 Å². The highest BCUT2D eigenvalue weighted by Gasteiger charge is 2.28. The molecular weight excluding hydrogens is 451 g/mol. The van der Waals surface area contributed by atoms with Crippen molar-refractivity contribution in [2.75, 3.05) is 20.1 Å². The van der Waals surface area contributed by atoms with Gasteiger partial charge >= 0.3 is 6.03 Å². The highest BCUT2D eigenvalue weighted by molar-refractivity contribution is 5.75. The van der Waals surface area contributed by atoms with Gasteiger partial charge in [0, 0.05) is 43.7 Å². The molecule has 10 heteroatoms. The molecule has 1 fully saturated rings. The number of aryl methyl sites for hydroxylation is 1. The molecule has 1 unspecified atom stereocenters. The Balaban J connectivity index is 1.31. The molecule has 0 bridgehead atoms. The molecule has 1 aliphatic heterocycles. The number of halogens is 1. The monoisotopic (exact) mass is 480 g/mol. The number of urea groups is 1. The molecule has 3 heterocycles. The number of amides is 2. The van der Waals surface area contributed by atoms with Crippen molar-refractivity contribution in [1.82, 2.24) is 30.0 Å². The molecule has 0 saturated carbocycles. The molecule has 0 spiro atoms. The number of aliphatic hydroxyl groups excluding tert-OH is 1. The van der Waals surface area contributed by atoms with Crippen molar-refractivity contribution < 1.29 is 19.4 Å². The molecule has 3 aromatic rings. The normalized spacial score (nSPS) is 19.3. The van der Waals surface area contributed by atoms with Gasteiger partial charge in [-0.25, -0.2) is 14.2 Å². The third-order valence-electron chi connectivity index (χ3n) is 6.81. The predicted octanol–water partition coefficient (Wildman–Crippen LogP) is 3.18. The smallest absolute Gasteiger partial charge is 0.320 e. The molecule has 5 rings (SSSR count). The molecule has 1 aromatic carbocycles. The standard InChI is InChI=1S/C25H29FN6O3/c1-3-14-9-22(34)20(26)10-19(14)15-4-5-18-21(8-15)29-30-23(18)24-27-11-16(28-24)12-31(2)25(35)32-7-6-17(33)13-32/h4-5,9-11,15,17,33-34H,3,6-8,12-13H2,1-2H3,(H,27,28)(H,29,30)/t15?,17-/m1/s1. The first-order chi connectivity index (χ1) is 16.8. The van der Waals surface area contributed by atoms with Gasteiger partial charge in [0.05, 0.1) is 24.5 Å². The van der Waals surface area contributed by atoms with Crippen LogP contribution in [0.4, 0.5) is 9.18 Å². The summed E-state index contributed by atoms with van der Waals surface area (Å²) in [5.74, 6) is -0.372. The molecule has 2 atom stereocenters. The van der Waals surface area contributed by atoms with Crippen LogP contribution in [-0.2, 0) is 19.4 Å². The summed E-state index contributed by atoms with van der Waals surface area (Å²) in [7, 11) is 1.73. The summed E-state index contributed by atoms with van der Waals surface area (Å²) in [6.07, 6.45) is 7.18. The number of aromatic amines is 2. The predicted molar refractivity (Wildman–Crippen MR) is 128 cm³/mol. The SMILES string of the molecule is CCc1cc(O)c(F)cc1C1C=Cc2c(-c3ncc(CN(C)C(=O)N4CC[C@@H](O)C4)[nH]3)n[nH]c2C1. The van der Waals surface area contributed by atoms with Crippen molar-refractivity contribution in [2.45, 2.75) is 44.8 Å². The number of benzene rings is 1. The van der Waals surface area contributed by atoms with E-state index in [9.17, 15) is 19.4 Å². The number of carbonyl (C=O) groups excluding carboxylic acids is 1. The average Bonchev–Trinajstić information content (AvgIpc) is 3.59. The summed E-state index contributed by atoms with van der Waals surface area (Å²) in [5, 5.41) is 27.0. The van der Waals surface area contributed by atoms with Crippen molar-refractivity contribution in [3.63, 3.8) is 0 Å². The van der Waals surface area contributed by atoms with Gasteiger partial charge in [-0.3, -0.25) is 5.10 Å². The lowest BCUT2D eigenvalue weighted by molar-refractivity contribution is 0.151. The van der Waals surface area contributed by atoms with E-state index in [2.05, 4.69) is 20.2 Å². The third kappa shape index (κ3) is 4.41. The van der Waals surface area contributed by atoms with Gasteiger partial charge in [0.2, 0.25) is 0 Å². The number of allylic oxidation sites excluding steroid dienone is 1. The average molecular weight is 481 g/mol. The van der Waals surface area contributed by atoms with E-state index in [1.54, 1.807) is 23.0 Å². The van der Waals surface area contributed by atoms with Crippen molar-refractivity contribution in [1.29, 1.82) is 0 Å². The molecule has 1 aliphatic carbocycles. The summed E-state index contributed by atoms with van der Waals surface area (Å²) in [5.41, 5.74) is 5.09. The van der Waals surface area contributed by atoms with Crippen LogP contribution in [0.1, 0.15) is 47.3 Å². The number of carbonyl (C=O) groups is 1. The van der Waals surface area contributed by atoms with Crippen LogP contribution in [0.3, 0.4) is 0 Å². The number of phenolic OH excluding ortho intramolecular Hbond substituents is 1. The van der Waals surface area contributed by atoms with E-state index < -0.39 is 11.9 Å². The number of β-amino-alcohol motifs (C(OH)–C–C–N with tert-alkyl or cyclic N) is 1. The number of rotatable bonds is 5. The van der Waals surface area contributed by atoms with Crippen molar-refractivity contribution in [3.8, 4) is 17.3 Å². The number of aromatic hydroxyl groups is 1. The van der Waals surface area contributed by atoms with Gasteiger partial charge in [-0.1, -0.05) is 19.1 Å². The second kappa shape index (κ2) is 9.18. The van der Waals surface area contributed by atoms with Crippen LogP contribution in [0.5, 0.6) is 5.75 Å². The lowest BCUT2D eigenvalue weighted by Crippen LogP contribution is -2.39. The molecule has 9 nitrogen and oxygen atoms in total. The summed E-state index contributed by atoms with van der Waals surface area (Å²) in [6, 6.07) is 2.80. The summed E-state index contributed by atoms with van der Waals surface area (Å²) < 4.78 is 14.1. The van der Waals surface area contributed by atoms with Gasteiger partial charge in [-0.15, -0.1) is 0 Å². The minimum atomic E-state index is -0.617. The summed E-state index contributed by atoms with van der Waals surface area (Å²) in [6.45, 7) is 3.26. The Kier molecular flexibility index (Phi) is 6.06. The number of H-pyrrole nitrogens is 2. The number of nitrogens with one attached hydrogen (secondary N) is 2. The first-order valence-electron chi connectivity index (χ1n) is 11.8. The molecular formula is C25H29FN6O3. The zero-order chi connectivity index (χ0) is 24.7. The largest absolute Gasteiger partial charge is 0.505 e. The fourth-order valence-corrected chi connectivity index (χ4v) is 4.93. The van der Waals surface area contributed by atoms with Gasteiger partial charge in [0.1, 0.15) is 5.69 Å². The van der Waals surface area contributed by atoms with Gasteiger partial charge in [-0.05, 0) is 36.1 Å². The van der Waals surface area contributed by atoms with Crippen LogP contribution in [0, 0.1) is 5.82 Å². The maximum Gasteiger partial charge on any atom is 0.320 e. The maximum atomic E-state index is 14.1. The maximum absolute atomic E-state index is 14.1. The molecule has 2 aliphatic rings. The Morgan fingerprint density at radius 3 is 2.94 bits per heavy atom. The van der Waals surface area contributed by atoms with E-state index in [0.29, 0.717) is 50.4 Å². The fourth-order valence-electron chi connectivity index (χ4n) is 4.93. The van der Waals surface area contributed by atoms with E-state index in [1.165, 1.54) is 12.1 Å².